The molecule has 0 aromatic heterocycles. The second kappa shape index (κ2) is 7.32. The molecule has 0 nitrogen and oxygen atoms in total. The van der Waals surface area contributed by atoms with Crippen LogP contribution >= 0.6 is 31.9 Å². The molecule has 0 radical (unpaired) electrons. The molecule has 0 aromatic rings. The average Bonchev–Trinajstić information content (AvgIpc) is 2.14. The van der Waals surface area contributed by atoms with Gasteiger partial charge in [-0.15, -0.1) is 0 Å². The summed E-state index contributed by atoms with van der Waals surface area (Å²) in [6, 6.07) is 0. The van der Waals surface area contributed by atoms with Crippen molar-refractivity contribution in [1.82, 2.24) is 0 Å². The molecule has 1 atom stereocenters. The first-order valence-corrected chi connectivity index (χ1v) is 7.79. The second-order valence-corrected chi connectivity index (χ2v) is 9.01. The maximum atomic E-state index is 3.95. The molecule has 0 fully saturated rings. The summed E-state index contributed by atoms with van der Waals surface area (Å²) >= 11 is 7.67. The van der Waals surface area contributed by atoms with E-state index in [0.29, 0.717) is 4.32 Å². The van der Waals surface area contributed by atoms with Crippen LogP contribution < -0.4 is 0 Å². The largest absolute Gasteiger partial charge is 0.0859 e. The van der Waals surface area contributed by atoms with Crippen LogP contribution in [0.2, 0.25) is 0 Å². The van der Waals surface area contributed by atoms with Gasteiger partial charge in [0.05, 0.1) is 0 Å². The first kappa shape index (κ1) is 16.0. The van der Waals surface area contributed by atoms with E-state index in [1.54, 1.807) is 0 Å². The molecule has 0 aliphatic carbocycles. The molecule has 15 heavy (non-hydrogen) atoms. The number of hydrogen-bond donors (Lipinski definition) is 0. The third-order valence-corrected chi connectivity index (χ3v) is 4.78. The zero-order chi connectivity index (χ0) is 11.9. The topological polar surface area (TPSA) is 0 Å². The number of halogens is 2. The summed E-state index contributed by atoms with van der Waals surface area (Å²) in [5, 5.41) is 0. The summed E-state index contributed by atoms with van der Waals surface area (Å²) in [4.78, 5) is 0. The van der Waals surface area contributed by atoms with Crippen molar-refractivity contribution in [3.05, 3.63) is 0 Å². The lowest BCUT2D eigenvalue weighted by Crippen LogP contribution is -2.23. The molecular weight excluding hydrogens is 316 g/mol. The van der Waals surface area contributed by atoms with Crippen LogP contribution in [-0.4, -0.2) is 8.65 Å². The van der Waals surface area contributed by atoms with E-state index in [1.807, 2.05) is 0 Å². The summed E-state index contributed by atoms with van der Waals surface area (Å²) in [6.07, 6.45) is 9.10. The highest BCUT2D eigenvalue weighted by Crippen LogP contribution is 2.37. The zero-order valence-corrected chi connectivity index (χ0v) is 13.9. The van der Waals surface area contributed by atoms with Gasteiger partial charge in [0.15, 0.2) is 0 Å². The maximum absolute atomic E-state index is 3.95. The Morgan fingerprint density at radius 3 is 1.87 bits per heavy atom. The van der Waals surface area contributed by atoms with Gasteiger partial charge in [-0.25, -0.2) is 0 Å². The lowest BCUT2D eigenvalue weighted by Gasteiger charge is -2.29. The standard InChI is InChI=1S/C13H26Br2/c1-5-7-8-9-13(15,6-2)11-10-12(3,4)14/h5-11H2,1-4H3. The molecule has 0 aromatic carbocycles. The molecule has 0 rings (SSSR count). The molecule has 0 heterocycles. The van der Waals surface area contributed by atoms with Crippen molar-refractivity contribution in [1.29, 1.82) is 0 Å². The van der Waals surface area contributed by atoms with E-state index in [2.05, 4.69) is 59.6 Å². The smallest absolute Gasteiger partial charge is 0.0256 e. The van der Waals surface area contributed by atoms with Crippen molar-refractivity contribution in [3.63, 3.8) is 0 Å². The summed E-state index contributed by atoms with van der Waals surface area (Å²) in [7, 11) is 0. The third-order valence-electron chi connectivity index (χ3n) is 3.03. The summed E-state index contributed by atoms with van der Waals surface area (Å²) < 4.78 is 0.666. The van der Waals surface area contributed by atoms with E-state index < -0.39 is 0 Å². The van der Waals surface area contributed by atoms with Gasteiger partial charge < -0.3 is 0 Å². The Labute approximate surface area is 113 Å². The van der Waals surface area contributed by atoms with Gasteiger partial charge in [0.2, 0.25) is 0 Å². The molecule has 0 N–H and O–H groups in total. The van der Waals surface area contributed by atoms with Crippen molar-refractivity contribution in [2.45, 2.75) is 81.3 Å². The van der Waals surface area contributed by atoms with Crippen LogP contribution in [0.15, 0.2) is 0 Å². The van der Waals surface area contributed by atoms with Crippen molar-refractivity contribution in [2.24, 2.45) is 0 Å². The maximum Gasteiger partial charge on any atom is 0.0256 e. The van der Waals surface area contributed by atoms with Crippen LogP contribution in [0, 0.1) is 0 Å². The number of alkyl halides is 2. The highest BCUT2D eigenvalue weighted by Gasteiger charge is 2.26. The van der Waals surface area contributed by atoms with Gasteiger partial charge in [-0.1, -0.05) is 78.8 Å². The van der Waals surface area contributed by atoms with Crippen molar-refractivity contribution in [2.75, 3.05) is 0 Å². The van der Waals surface area contributed by atoms with Crippen LogP contribution in [-0.2, 0) is 0 Å². The van der Waals surface area contributed by atoms with Gasteiger partial charge in [-0.3, -0.25) is 0 Å². The first-order valence-electron chi connectivity index (χ1n) is 6.21. The number of rotatable bonds is 8. The van der Waals surface area contributed by atoms with Gasteiger partial charge in [-0.05, 0) is 25.7 Å². The predicted octanol–water partition coefficient (Wildman–Crippen LogP) is 6.06. The van der Waals surface area contributed by atoms with E-state index in [1.165, 1.54) is 44.9 Å². The van der Waals surface area contributed by atoms with Gasteiger partial charge in [-0.2, -0.15) is 0 Å². The molecule has 1 unspecified atom stereocenters. The Bertz CT molecular complexity index is 160. The Balaban J connectivity index is 3.96. The summed E-state index contributed by atoms with van der Waals surface area (Å²) in [5.74, 6) is 0. The van der Waals surface area contributed by atoms with Crippen molar-refractivity contribution >= 4 is 31.9 Å². The molecule has 0 aliphatic heterocycles. The predicted molar refractivity (Wildman–Crippen MR) is 78.3 cm³/mol. The van der Waals surface area contributed by atoms with Crippen LogP contribution in [0.3, 0.4) is 0 Å². The molecule has 0 bridgehead atoms. The summed E-state index contributed by atoms with van der Waals surface area (Å²) in [6.45, 7) is 9.07. The van der Waals surface area contributed by atoms with Gasteiger partial charge >= 0.3 is 0 Å². The van der Waals surface area contributed by atoms with Crippen LogP contribution in [0.5, 0.6) is 0 Å². The minimum atomic E-state index is 0.284. The third kappa shape index (κ3) is 8.74. The highest BCUT2D eigenvalue weighted by atomic mass is 79.9. The van der Waals surface area contributed by atoms with Crippen LogP contribution in [0.1, 0.15) is 72.6 Å². The van der Waals surface area contributed by atoms with E-state index in [4.69, 9.17) is 0 Å². The fourth-order valence-corrected chi connectivity index (χ4v) is 2.37. The van der Waals surface area contributed by atoms with Crippen molar-refractivity contribution in [3.8, 4) is 0 Å². The van der Waals surface area contributed by atoms with Gasteiger partial charge in [0, 0.05) is 8.65 Å². The van der Waals surface area contributed by atoms with Gasteiger partial charge in [0.25, 0.3) is 0 Å². The van der Waals surface area contributed by atoms with E-state index in [9.17, 15) is 0 Å². The van der Waals surface area contributed by atoms with Gasteiger partial charge in [0.1, 0.15) is 0 Å². The molecule has 0 saturated carbocycles. The minimum absolute atomic E-state index is 0.284. The van der Waals surface area contributed by atoms with Crippen molar-refractivity contribution < 1.29 is 0 Å². The molecular formula is C13H26Br2. The zero-order valence-electron chi connectivity index (χ0n) is 10.7. The fraction of sp³-hybridized carbons (Fsp3) is 1.00. The number of unbranched alkanes of at least 4 members (excludes halogenated alkanes) is 2. The highest BCUT2D eigenvalue weighted by molar-refractivity contribution is 9.10. The first-order chi connectivity index (χ1) is 6.83. The molecule has 0 saturated heterocycles. The number of hydrogen-bond acceptors (Lipinski definition) is 0. The Hall–Kier alpha value is 0.960. The van der Waals surface area contributed by atoms with E-state index >= 15 is 0 Å². The Morgan fingerprint density at radius 2 is 1.47 bits per heavy atom. The monoisotopic (exact) mass is 340 g/mol. The SMILES string of the molecule is CCCCCC(Br)(CC)CCC(C)(C)Br. The molecule has 92 valence electrons. The lowest BCUT2D eigenvalue weighted by atomic mass is 9.91. The van der Waals surface area contributed by atoms with E-state index in [-0.39, 0.29) is 4.32 Å². The lowest BCUT2D eigenvalue weighted by molar-refractivity contribution is 0.438. The molecule has 0 spiro atoms. The van der Waals surface area contributed by atoms with E-state index in [0.717, 1.165) is 0 Å². The fourth-order valence-electron chi connectivity index (χ4n) is 1.69. The Morgan fingerprint density at radius 1 is 0.867 bits per heavy atom. The minimum Gasteiger partial charge on any atom is -0.0859 e. The second-order valence-electron chi connectivity index (χ2n) is 5.18. The average molecular weight is 342 g/mol. The normalized spacial score (nSPS) is 16.4. The molecule has 0 aliphatic rings. The quantitative estimate of drug-likeness (QED) is 0.371. The summed E-state index contributed by atoms with van der Waals surface area (Å²) in [5.41, 5.74) is 0. The van der Waals surface area contributed by atoms with Crippen LogP contribution in [0.4, 0.5) is 0 Å². The Kier molecular flexibility index (Phi) is 7.79. The van der Waals surface area contributed by atoms with Crippen LogP contribution in [0.25, 0.3) is 0 Å². The molecule has 0 amide bonds. The molecule has 2 heteroatoms.